The lowest BCUT2D eigenvalue weighted by atomic mass is 9.96. The van der Waals surface area contributed by atoms with Gasteiger partial charge in [-0.2, -0.15) is 0 Å². The summed E-state index contributed by atoms with van der Waals surface area (Å²) in [4.78, 5) is 9.06. The van der Waals surface area contributed by atoms with Crippen molar-refractivity contribution in [1.82, 2.24) is 14.7 Å². The minimum Gasteiger partial charge on any atom is -0.370 e. The van der Waals surface area contributed by atoms with Gasteiger partial charge in [-0.15, -0.1) is 24.0 Å². The third-order valence-electron chi connectivity index (χ3n) is 4.12. The largest absolute Gasteiger partial charge is 0.370 e. The highest BCUT2D eigenvalue weighted by molar-refractivity contribution is 14.0. The van der Waals surface area contributed by atoms with Crippen molar-refractivity contribution in [2.24, 2.45) is 10.7 Å². The van der Waals surface area contributed by atoms with Crippen LogP contribution in [0.2, 0.25) is 0 Å². The Kier molecular flexibility index (Phi) is 6.70. The number of imidazole rings is 1. The van der Waals surface area contributed by atoms with Crippen molar-refractivity contribution in [3.8, 4) is 0 Å². The number of hydrogen-bond donors (Lipinski definition) is 2. The van der Waals surface area contributed by atoms with Crippen LogP contribution in [-0.4, -0.2) is 21.4 Å². The van der Waals surface area contributed by atoms with E-state index in [-0.39, 0.29) is 24.0 Å². The lowest BCUT2D eigenvalue weighted by molar-refractivity contribution is 0.412. The highest BCUT2D eigenvalue weighted by Crippen LogP contribution is 2.18. The third kappa shape index (κ3) is 4.82. The zero-order valence-electron chi connectivity index (χ0n) is 13.3. The highest BCUT2D eigenvalue weighted by atomic mass is 127. The number of aromatic nitrogens is 2. The van der Waals surface area contributed by atoms with Crippen molar-refractivity contribution in [2.75, 3.05) is 0 Å². The lowest BCUT2D eigenvalue weighted by Gasteiger charge is -2.23. The fourth-order valence-corrected chi connectivity index (χ4v) is 3.58. The number of aliphatic imine (C=N–C) groups is 1. The SMILES string of the molecule is Cc1cc(Br)cn2cc(CN=C(N)NC3CCCCC3)nc12.I. The Bertz CT molecular complexity index is 691. The van der Waals surface area contributed by atoms with E-state index in [9.17, 15) is 0 Å². The number of guanidine groups is 1. The second-order valence-corrected chi connectivity index (χ2v) is 6.90. The Morgan fingerprint density at radius 3 is 2.87 bits per heavy atom. The van der Waals surface area contributed by atoms with Gasteiger partial charge < -0.3 is 15.5 Å². The first-order chi connectivity index (χ1) is 10.6. The zero-order chi connectivity index (χ0) is 15.5. The Labute approximate surface area is 162 Å². The molecule has 0 amide bonds. The minimum atomic E-state index is 0. The van der Waals surface area contributed by atoms with Gasteiger partial charge in [0.1, 0.15) is 5.65 Å². The summed E-state index contributed by atoms with van der Waals surface area (Å²) in [6, 6.07) is 2.55. The summed E-state index contributed by atoms with van der Waals surface area (Å²) in [5.41, 5.74) is 9.02. The predicted octanol–water partition coefficient (Wildman–Crippen LogP) is 3.76. The van der Waals surface area contributed by atoms with Gasteiger partial charge in [-0.25, -0.2) is 9.98 Å². The van der Waals surface area contributed by atoms with Gasteiger partial charge in [-0.05, 0) is 47.3 Å². The molecule has 1 fully saturated rings. The van der Waals surface area contributed by atoms with Crippen molar-refractivity contribution >= 4 is 51.5 Å². The monoisotopic (exact) mass is 491 g/mol. The summed E-state index contributed by atoms with van der Waals surface area (Å²) in [7, 11) is 0. The molecular weight excluding hydrogens is 469 g/mol. The van der Waals surface area contributed by atoms with Crippen molar-refractivity contribution in [2.45, 2.75) is 51.6 Å². The number of rotatable bonds is 3. The molecule has 1 aliphatic rings. The molecule has 2 aromatic rings. The molecule has 5 nitrogen and oxygen atoms in total. The van der Waals surface area contributed by atoms with E-state index in [4.69, 9.17) is 5.73 Å². The number of nitrogens with zero attached hydrogens (tertiary/aromatic N) is 3. The fraction of sp³-hybridized carbons (Fsp3) is 0.500. The highest BCUT2D eigenvalue weighted by Gasteiger charge is 2.13. The average molecular weight is 492 g/mol. The molecule has 0 aromatic carbocycles. The molecule has 126 valence electrons. The molecule has 2 heterocycles. The lowest BCUT2D eigenvalue weighted by Crippen LogP contribution is -2.41. The summed E-state index contributed by atoms with van der Waals surface area (Å²) in [5, 5.41) is 3.33. The number of aryl methyl sites for hydroxylation is 1. The van der Waals surface area contributed by atoms with E-state index < -0.39 is 0 Å². The Morgan fingerprint density at radius 1 is 1.39 bits per heavy atom. The molecule has 3 rings (SSSR count). The molecule has 1 aliphatic carbocycles. The molecule has 3 N–H and O–H groups in total. The van der Waals surface area contributed by atoms with Crippen LogP contribution in [0, 0.1) is 6.92 Å². The summed E-state index contributed by atoms with van der Waals surface area (Å²) < 4.78 is 3.07. The number of halogens is 2. The third-order valence-corrected chi connectivity index (χ3v) is 4.55. The molecular formula is C16H23BrIN5. The Hall–Kier alpha value is -0.830. The summed E-state index contributed by atoms with van der Waals surface area (Å²) in [6.07, 6.45) is 10.3. The first-order valence-corrected chi connectivity index (χ1v) is 8.61. The first-order valence-electron chi connectivity index (χ1n) is 7.82. The molecule has 0 saturated heterocycles. The van der Waals surface area contributed by atoms with E-state index in [0.717, 1.165) is 21.4 Å². The van der Waals surface area contributed by atoms with E-state index in [1.54, 1.807) is 0 Å². The van der Waals surface area contributed by atoms with Crippen LogP contribution in [0.15, 0.2) is 27.9 Å². The van der Waals surface area contributed by atoms with Crippen LogP contribution in [0.3, 0.4) is 0 Å². The van der Waals surface area contributed by atoms with E-state index in [0.29, 0.717) is 18.5 Å². The molecule has 1 saturated carbocycles. The molecule has 0 aliphatic heterocycles. The summed E-state index contributed by atoms with van der Waals surface area (Å²) in [6.45, 7) is 2.56. The standard InChI is InChI=1S/C16H22BrN5.HI/c1-11-7-12(17)9-22-10-14(20-15(11)22)8-19-16(18)21-13-5-3-2-4-6-13;/h7,9-10,13H,2-6,8H2,1H3,(H3,18,19,21);1H. The van der Waals surface area contributed by atoms with Crippen molar-refractivity contribution in [3.63, 3.8) is 0 Å². The average Bonchev–Trinajstić information content (AvgIpc) is 2.89. The molecule has 0 bridgehead atoms. The molecule has 23 heavy (non-hydrogen) atoms. The van der Waals surface area contributed by atoms with E-state index >= 15 is 0 Å². The molecule has 0 unspecified atom stereocenters. The molecule has 0 radical (unpaired) electrons. The van der Waals surface area contributed by atoms with Gasteiger partial charge in [0.05, 0.1) is 12.2 Å². The van der Waals surface area contributed by atoms with Gasteiger partial charge in [-0.1, -0.05) is 19.3 Å². The Balaban J connectivity index is 0.00000192. The predicted molar refractivity (Wildman–Crippen MR) is 108 cm³/mol. The van der Waals surface area contributed by atoms with Gasteiger partial charge in [0.15, 0.2) is 5.96 Å². The van der Waals surface area contributed by atoms with Gasteiger partial charge >= 0.3 is 0 Å². The van der Waals surface area contributed by atoms with Gasteiger partial charge in [0.25, 0.3) is 0 Å². The van der Waals surface area contributed by atoms with E-state index in [1.165, 1.54) is 32.1 Å². The van der Waals surface area contributed by atoms with Crippen LogP contribution in [-0.2, 0) is 6.54 Å². The zero-order valence-corrected chi connectivity index (χ0v) is 17.2. The van der Waals surface area contributed by atoms with Crippen molar-refractivity contribution < 1.29 is 0 Å². The normalized spacial score (nSPS) is 16.3. The minimum absolute atomic E-state index is 0. The second kappa shape index (κ2) is 8.32. The number of hydrogen-bond acceptors (Lipinski definition) is 2. The van der Waals surface area contributed by atoms with Gasteiger partial charge in [0.2, 0.25) is 0 Å². The quantitative estimate of drug-likeness (QED) is 0.390. The summed E-state index contributed by atoms with van der Waals surface area (Å²) in [5.74, 6) is 0.529. The van der Waals surface area contributed by atoms with Crippen molar-refractivity contribution in [3.05, 3.63) is 34.2 Å². The van der Waals surface area contributed by atoms with Gasteiger partial charge in [-0.3, -0.25) is 0 Å². The van der Waals surface area contributed by atoms with Crippen LogP contribution in [0.25, 0.3) is 5.65 Å². The molecule has 7 heteroatoms. The number of nitrogens with one attached hydrogen (secondary N) is 1. The topological polar surface area (TPSA) is 67.7 Å². The number of nitrogens with two attached hydrogens (primary N) is 1. The molecule has 0 atom stereocenters. The maximum Gasteiger partial charge on any atom is 0.189 e. The Morgan fingerprint density at radius 2 is 2.13 bits per heavy atom. The van der Waals surface area contributed by atoms with Crippen LogP contribution >= 0.6 is 39.9 Å². The fourth-order valence-electron chi connectivity index (χ4n) is 3.02. The van der Waals surface area contributed by atoms with Crippen molar-refractivity contribution in [1.29, 1.82) is 0 Å². The van der Waals surface area contributed by atoms with E-state index in [1.807, 2.05) is 16.8 Å². The van der Waals surface area contributed by atoms with E-state index in [2.05, 4.69) is 44.2 Å². The van der Waals surface area contributed by atoms with Crippen LogP contribution < -0.4 is 11.1 Å². The molecule has 0 spiro atoms. The van der Waals surface area contributed by atoms with Gasteiger partial charge in [0, 0.05) is 22.9 Å². The summed E-state index contributed by atoms with van der Waals surface area (Å²) >= 11 is 3.50. The maximum absolute atomic E-state index is 6.00. The smallest absolute Gasteiger partial charge is 0.189 e. The van der Waals surface area contributed by atoms with Crippen LogP contribution in [0.1, 0.15) is 43.4 Å². The van der Waals surface area contributed by atoms with Crippen LogP contribution in [0.4, 0.5) is 0 Å². The molecule has 2 aromatic heterocycles. The first kappa shape index (κ1) is 18.5. The number of pyridine rings is 1. The second-order valence-electron chi connectivity index (χ2n) is 5.99. The number of fused-ring (bicyclic) bond motifs is 1. The maximum atomic E-state index is 6.00. The van der Waals surface area contributed by atoms with Crippen LogP contribution in [0.5, 0.6) is 0 Å².